The first kappa shape index (κ1) is 23.2. The fourth-order valence-electron chi connectivity index (χ4n) is 3.85. The van der Waals surface area contributed by atoms with Crippen LogP contribution in [0.4, 0.5) is 0 Å². The van der Waals surface area contributed by atoms with Crippen molar-refractivity contribution in [3.05, 3.63) is 71.8 Å². The van der Waals surface area contributed by atoms with Gasteiger partial charge >= 0.3 is 151 Å². The first-order valence-electron chi connectivity index (χ1n) is 8.53. The fourth-order valence-corrected chi connectivity index (χ4v) is 33.8. The molecule has 0 aromatic heterocycles. The first-order valence-corrected chi connectivity index (χ1v) is 22.6. The molecule has 3 rings (SSSR count). The molecule has 25 heavy (non-hydrogen) atoms. The maximum atomic E-state index is 2.62. The van der Waals surface area contributed by atoms with Crippen LogP contribution in [0.1, 0.15) is 32.8 Å². The van der Waals surface area contributed by atoms with Crippen molar-refractivity contribution >= 4 is 15.5 Å². The monoisotopic (exact) mass is 512 g/mol. The van der Waals surface area contributed by atoms with Crippen LogP contribution in [0, 0.1) is 5.92 Å². The van der Waals surface area contributed by atoms with E-state index in [1.54, 1.807) is 11.1 Å². The summed E-state index contributed by atoms with van der Waals surface area (Å²) in [6.45, 7) is 7.12. The second kappa shape index (κ2) is 9.93. The Balaban J connectivity index is 0.00000156. The van der Waals surface area contributed by atoms with E-state index in [0.717, 1.165) is 0 Å². The molecule has 0 radical (unpaired) electrons. The zero-order valence-electron chi connectivity index (χ0n) is 15.7. The van der Waals surface area contributed by atoms with Crippen molar-refractivity contribution in [1.29, 1.82) is 0 Å². The van der Waals surface area contributed by atoms with Gasteiger partial charge in [-0.2, -0.15) is 0 Å². The van der Waals surface area contributed by atoms with E-state index in [0.29, 0.717) is 5.92 Å². The summed E-state index contributed by atoms with van der Waals surface area (Å²) in [5, 5.41) is 0. The molecule has 0 saturated carbocycles. The molecular weight excluding hydrogens is 487 g/mol. The third-order valence-electron chi connectivity index (χ3n) is 5.02. The minimum absolute atomic E-state index is 0. The summed E-state index contributed by atoms with van der Waals surface area (Å²) in [6, 6.07) is 10.9. The zero-order valence-corrected chi connectivity index (χ0v) is 21.7. The largest absolute Gasteiger partial charge is 1.00 e. The molecule has 0 nitrogen and oxygen atoms in total. The van der Waals surface area contributed by atoms with Gasteiger partial charge in [0, 0.05) is 0 Å². The van der Waals surface area contributed by atoms with Crippen LogP contribution in [-0.2, 0) is 18.6 Å². The topological polar surface area (TPSA) is 0 Å². The van der Waals surface area contributed by atoms with Gasteiger partial charge in [-0.25, -0.2) is 0 Å². The van der Waals surface area contributed by atoms with Gasteiger partial charge in [-0.1, -0.05) is 0 Å². The fraction of sp³-hybridized carbons (Fsp3) is 0.333. The summed E-state index contributed by atoms with van der Waals surface area (Å²) in [5.74, 6) is 5.95. The Bertz CT molecular complexity index is 794. The Morgan fingerprint density at radius 1 is 1.04 bits per heavy atom. The molecule has 2 aliphatic rings. The Hall–Kier alpha value is 0.186. The Morgan fingerprint density at radius 2 is 1.68 bits per heavy atom. The molecular formula is C21H26Cl2GeZr. The zero-order chi connectivity index (χ0) is 16.6. The third-order valence-corrected chi connectivity index (χ3v) is 33.0. The molecule has 4 heteroatoms. The maximum absolute atomic E-state index is 2.62. The van der Waals surface area contributed by atoms with E-state index in [1.165, 1.54) is 17.6 Å². The van der Waals surface area contributed by atoms with Gasteiger partial charge in [0.25, 0.3) is 0 Å². The van der Waals surface area contributed by atoms with Gasteiger partial charge in [-0.15, -0.1) is 0 Å². The first-order chi connectivity index (χ1) is 11.0. The number of hydrogen-bond acceptors (Lipinski definition) is 0. The minimum Gasteiger partial charge on any atom is -1.00 e. The number of halogens is 2. The van der Waals surface area contributed by atoms with E-state index < -0.39 is 28.6 Å². The number of allylic oxidation sites excluding steroid dienone is 8. The van der Waals surface area contributed by atoms with Gasteiger partial charge in [0.05, 0.1) is 0 Å². The minimum atomic E-state index is -1.61. The second-order valence-corrected chi connectivity index (χ2v) is 34.9. The Morgan fingerprint density at radius 3 is 2.20 bits per heavy atom. The predicted molar refractivity (Wildman–Crippen MR) is 100 cm³/mol. The van der Waals surface area contributed by atoms with Gasteiger partial charge in [-0.05, 0) is 0 Å². The number of benzene rings is 1. The van der Waals surface area contributed by atoms with Crippen LogP contribution in [0.3, 0.4) is 0 Å². The molecule has 0 spiro atoms. The van der Waals surface area contributed by atoms with E-state index >= 15 is 0 Å². The molecule has 0 amide bonds. The Labute approximate surface area is 174 Å². The summed E-state index contributed by atoms with van der Waals surface area (Å²) >= 11 is -1.61. The molecule has 132 valence electrons. The van der Waals surface area contributed by atoms with E-state index in [4.69, 9.17) is 0 Å². The molecule has 1 aromatic carbocycles. The van der Waals surface area contributed by atoms with Gasteiger partial charge in [0.1, 0.15) is 0 Å². The molecule has 1 atom stereocenters. The van der Waals surface area contributed by atoms with Crippen molar-refractivity contribution < 1.29 is 43.4 Å². The summed E-state index contributed by atoms with van der Waals surface area (Å²) in [7, 11) is -0.903. The van der Waals surface area contributed by atoms with Crippen LogP contribution in [0.5, 0.6) is 0 Å². The molecule has 1 unspecified atom stereocenters. The second-order valence-electron chi connectivity index (χ2n) is 6.95. The third kappa shape index (κ3) is 4.92. The molecule has 0 aliphatic heterocycles. The standard InChI is InChI=1S/C11H9.C8H11.C2H6Ge.2ClH.Zr/c1-2-6-10(7-3-1)11-8-4-5-9-11;1-6-4-7(2)8(3)5-6;1-3-2;;;/h1-3,6-9H,4H2;4,6H,1-3H3;1-2H3;2*1H;/q;;;;;+2/p-2. The SMILES string of the molecule is CC1=CC(C)[C]([Zr+2]([C]2=CC(c3ccccc3)=CC2)=[Ge]([CH3])[CH3])=C1C.[Cl-].[Cl-]. The average molecular weight is 513 g/mol. The molecule has 0 bridgehead atoms. The number of rotatable bonds is 3. The predicted octanol–water partition coefficient (Wildman–Crippen LogP) is 0.105. The quantitative estimate of drug-likeness (QED) is 0.504. The van der Waals surface area contributed by atoms with Gasteiger partial charge in [0.15, 0.2) is 0 Å². The summed E-state index contributed by atoms with van der Waals surface area (Å²) in [6.07, 6.45) is 8.78. The van der Waals surface area contributed by atoms with Crippen molar-refractivity contribution in [3.63, 3.8) is 0 Å². The summed E-state index contributed by atoms with van der Waals surface area (Å²) in [5.41, 5.74) is 6.04. The van der Waals surface area contributed by atoms with E-state index in [2.05, 4.69) is 80.8 Å². The Kier molecular flexibility index (Phi) is 9.22. The van der Waals surface area contributed by atoms with Crippen LogP contribution in [0.15, 0.2) is 66.3 Å². The van der Waals surface area contributed by atoms with E-state index in [1.807, 2.05) is 6.56 Å². The molecule has 0 N–H and O–H groups in total. The number of hydrogen-bond donors (Lipinski definition) is 0. The molecule has 2 aliphatic carbocycles. The van der Waals surface area contributed by atoms with E-state index in [9.17, 15) is 0 Å². The van der Waals surface area contributed by atoms with Crippen LogP contribution >= 0.6 is 0 Å². The smallest absolute Gasteiger partial charge is 1.00 e. The van der Waals surface area contributed by atoms with Crippen molar-refractivity contribution in [3.8, 4) is 0 Å². The van der Waals surface area contributed by atoms with Gasteiger partial charge < -0.3 is 24.8 Å². The molecule has 0 saturated heterocycles. The van der Waals surface area contributed by atoms with Crippen molar-refractivity contribution in [2.75, 3.05) is 0 Å². The maximum Gasteiger partial charge on any atom is -1.00 e. The normalized spacial score (nSPS) is 18.4. The average Bonchev–Trinajstić information content (AvgIpc) is 3.09. The summed E-state index contributed by atoms with van der Waals surface area (Å²) in [4.78, 5) is 0. The van der Waals surface area contributed by atoms with Crippen LogP contribution < -0.4 is 24.8 Å². The molecule has 1 aromatic rings. The van der Waals surface area contributed by atoms with Crippen LogP contribution in [0.2, 0.25) is 11.5 Å². The van der Waals surface area contributed by atoms with Gasteiger partial charge in [0.2, 0.25) is 0 Å². The van der Waals surface area contributed by atoms with Crippen molar-refractivity contribution in [2.45, 2.75) is 38.7 Å². The van der Waals surface area contributed by atoms with E-state index in [-0.39, 0.29) is 24.8 Å². The van der Waals surface area contributed by atoms with Gasteiger partial charge in [-0.3, -0.25) is 0 Å². The van der Waals surface area contributed by atoms with Crippen molar-refractivity contribution in [2.24, 2.45) is 5.92 Å². The van der Waals surface area contributed by atoms with Crippen molar-refractivity contribution in [1.82, 2.24) is 0 Å². The summed E-state index contributed by atoms with van der Waals surface area (Å²) < 4.78 is 3.77. The molecule has 0 heterocycles. The van der Waals surface area contributed by atoms with Crippen LogP contribution in [0.25, 0.3) is 5.57 Å². The van der Waals surface area contributed by atoms with Crippen LogP contribution in [-0.4, -0.2) is 9.98 Å². The molecule has 0 fully saturated rings.